The summed E-state index contributed by atoms with van der Waals surface area (Å²) in [5.74, 6) is -0.229. The minimum atomic E-state index is -0.229. The second-order valence-electron chi connectivity index (χ2n) is 3.87. The van der Waals surface area contributed by atoms with Gasteiger partial charge in [-0.15, -0.1) is 0 Å². The number of hydrogen-bond acceptors (Lipinski definition) is 3. The molecule has 0 bridgehead atoms. The summed E-state index contributed by atoms with van der Waals surface area (Å²) in [6.07, 6.45) is 1.87. The van der Waals surface area contributed by atoms with E-state index < -0.39 is 0 Å². The van der Waals surface area contributed by atoms with Crippen LogP contribution in [-0.2, 0) is 4.74 Å². The number of carbonyl (C=O) groups excluding carboxylic acids is 1. The first kappa shape index (κ1) is 11.6. The van der Waals surface area contributed by atoms with Gasteiger partial charge in [-0.3, -0.25) is 0 Å². The van der Waals surface area contributed by atoms with E-state index in [1.165, 1.54) is 0 Å². The van der Waals surface area contributed by atoms with Crippen LogP contribution in [0.3, 0.4) is 0 Å². The molecule has 0 saturated carbocycles. The van der Waals surface area contributed by atoms with Gasteiger partial charge in [-0.2, -0.15) is 0 Å². The lowest BCUT2D eigenvalue weighted by Crippen LogP contribution is -2.33. The summed E-state index contributed by atoms with van der Waals surface area (Å²) in [5.41, 5.74) is 0.605. The Labute approximate surface area is 103 Å². The summed E-state index contributed by atoms with van der Waals surface area (Å²) >= 11 is 3.34. The highest BCUT2D eigenvalue weighted by atomic mass is 79.9. The molecule has 1 heterocycles. The summed E-state index contributed by atoms with van der Waals surface area (Å²) in [5, 5.41) is 3.24. The average molecular weight is 284 g/mol. The summed E-state index contributed by atoms with van der Waals surface area (Å²) in [7, 11) is 0. The minimum Gasteiger partial charge on any atom is -0.459 e. The fraction of sp³-hybridized carbons (Fsp3) is 0.417. The SMILES string of the molecule is O=C(OC1CCNCC1)c1cccc(Br)c1. The zero-order valence-electron chi connectivity index (χ0n) is 8.91. The maximum absolute atomic E-state index is 11.8. The molecule has 1 saturated heterocycles. The predicted molar refractivity (Wildman–Crippen MR) is 65.4 cm³/mol. The van der Waals surface area contributed by atoms with Gasteiger partial charge in [-0.05, 0) is 44.1 Å². The molecule has 1 N–H and O–H groups in total. The number of esters is 1. The van der Waals surface area contributed by atoms with Crippen molar-refractivity contribution in [2.75, 3.05) is 13.1 Å². The number of benzene rings is 1. The normalized spacial score (nSPS) is 17.1. The van der Waals surface area contributed by atoms with Crippen LogP contribution in [0.15, 0.2) is 28.7 Å². The molecule has 0 unspecified atom stereocenters. The van der Waals surface area contributed by atoms with Crippen molar-refractivity contribution in [1.82, 2.24) is 5.32 Å². The fourth-order valence-electron chi connectivity index (χ4n) is 1.75. The molecule has 1 aromatic carbocycles. The van der Waals surface area contributed by atoms with E-state index in [0.29, 0.717) is 5.56 Å². The maximum atomic E-state index is 11.8. The van der Waals surface area contributed by atoms with E-state index in [9.17, 15) is 4.79 Å². The monoisotopic (exact) mass is 283 g/mol. The van der Waals surface area contributed by atoms with E-state index in [1.54, 1.807) is 12.1 Å². The Bertz CT molecular complexity index is 375. The topological polar surface area (TPSA) is 38.3 Å². The molecule has 86 valence electrons. The molecular weight excluding hydrogens is 270 g/mol. The molecule has 16 heavy (non-hydrogen) atoms. The van der Waals surface area contributed by atoms with Gasteiger partial charge in [0.2, 0.25) is 0 Å². The van der Waals surface area contributed by atoms with Crippen LogP contribution in [0.25, 0.3) is 0 Å². The van der Waals surface area contributed by atoms with Crippen molar-refractivity contribution in [3.8, 4) is 0 Å². The molecule has 1 aromatic rings. The van der Waals surface area contributed by atoms with Crippen LogP contribution in [-0.4, -0.2) is 25.2 Å². The van der Waals surface area contributed by atoms with E-state index in [2.05, 4.69) is 21.2 Å². The van der Waals surface area contributed by atoms with Gasteiger partial charge in [-0.1, -0.05) is 22.0 Å². The van der Waals surface area contributed by atoms with Gasteiger partial charge >= 0.3 is 5.97 Å². The minimum absolute atomic E-state index is 0.0627. The molecule has 1 aliphatic heterocycles. The van der Waals surface area contributed by atoms with Crippen molar-refractivity contribution in [2.45, 2.75) is 18.9 Å². The number of halogens is 1. The fourth-order valence-corrected chi connectivity index (χ4v) is 2.15. The highest BCUT2D eigenvalue weighted by Crippen LogP contribution is 2.15. The van der Waals surface area contributed by atoms with Gasteiger partial charge in [0.1, 0.15) is 6.10 Å². The molecular formula is C12H14BrNO2. The molecule has 1 aliphatic rings. The van der Waals surface area contributed by atoms with E-state index in [4.69, 9.17) is 4.74 Å². The van der Waals surface area contributed by atoms with Crippen LogP contribution in [0.2, 0.25) is 0 Å². The standard InChI is InChI=1S/C12H14BrNO2/c13-10-3-1-2-9(8-10)12(15)16-11-4-6-14-7-5-11/h1-3,8,11,14H,4-7H2. The number of hydrogen-bond donors (Lipinski definition) is 1. The van der Waals surface area contributed by atoms with Gasteiger partial charge in [0.15, 0.2) is 0 Å². The Balaban J connectivity index is 1.97. The molecule has 0 aliphatic carbocycles. The third-order valence-corrected chi connectivity index (χ3v) is 3.11. The quantitative estimate of drug-likeness (QED) is 0.847. The van der Waals surface area contributed by atoms with Crippen molar-refractivity contribution in [2.24, 2.45) is 0 Å². The molecule has 2 rings (SSSR count). The Kier molecular flexibility index (Phi) is 3.96. The number of rotatable bonds is 2. The number of carbonyl (C=O) groups is 1. The first-order valence-corrected chi connectivity index (χ1v) is 6.22. The molecule has 0 spiro atoms. The van der Waals surface area contributed by atoms with Gasteiger partial charge in [-0.25, -0.2) is 4.79 Å². The van der Waals surface area contributed by atoms with Crippen LogP contribution in [0.4, 0.5) is 0 Å². The third kappa shape index (κ3) is 3.06. The summed E-state index contributed by atoms with van der Waals surface area (Å²) in [4.78, 5) is 11.8. The van der Waals surface area contributed by atoms with Crippen LogP contribution in [0.5, 0.6) is 0 Å². The predicted octanol–water partition coefficient (Wildman–Crippen LogP) is 2.36. The zero-order valence-corrected chi connectivity index (χ0v) is 10.5. The molecule has 0 amide bonds. The number of nitrogens with one attached hydrogen (secondary N) is 1. The first-order chi connectivity index (χ1) is 7.75. The zero-order chi connectivity index (χ0) is 11.4. The Morgan fingerprint density at radius 1 is 1.38 bits per heavy atom. The summed E-state index contributed by atoms with van der Waals surface area (Å²) in [6.45, 7) is 1.85. The third-order valence-electron chi connectivity index (χ3n) is 2.62. The van der Waals surface area contributed by atoms with Crippen LogP contribution in [0, 0.1) is 0 Å². The van der Waals surface area contributed by atoms with Crippen molar-refractivity contribution in [3.05, 3.63) is 34.3 Å². The van der Waals surface area contributed by atoms with Crippen molar-refractivity contribution < 1.29 is 9.53 Å². The van der Waals surface area contributed by atoms with E-state index in [-0.39, 0.29) is 12.1 Å². The van der Waals surface area contributed by atoms with Crippen molar-refractivity contribution in [1.29, 1.82) is 0 Å². The Morgan fingerprint density at radius 2 is 2.12 bits per heavy atom. The molecule has 0 atom stereocenters. The van der Waals surface area contributed by atoms with E-state index >= 15 is 0 Å². The van der Waals surface area contributed by atoms with Crippen molar-refractivity contribution in [3.63, 3.8) is 0 Å². The summed E-state index contributed by atoms with van der Waals surface area (Å²) in [6, 6.07) is 7.28. The van der Waals surface area contributed by atoms with Gasteiger partial charge in [0, 0.05) is 4.47 Å². The largest absolute Gasteiger partial charge is 0.459 e. The molecule has 1 fully saturated rings. The van der Waals surface area contributed by atoms with E-state index in [1.807, 2.05) is 12.1 Å². The average Bonchev–Trinajstić information content (AvgIpc) is 2.30. The van der Waals surface area contributed by atoms with Gasteiger partial charge in [0.25, 0.3) is 0 Å². The van der Waals surface area contributed by atoms with E-state index in [0.717, 1.165) is 30.4 Å². The Morgan fingerprint density at radius 3 is 2.81 bits per heavy atom. The number of piperidine rings is 1. The highest BCUT2D eigenvalue weighted by molar-refractivity contribution is 9.10. The lowest BCUT2D eigenvalue weighted by atomic mass is 10.1. The first-order valence-electron chi connectivity index (χ1n) is 5.43. The maximum Gasteiger partial charge on any atom is 0.338 e. The lowest BCUT2D eigenvalue weighted by Gasteiger charge is -2.22. The molecule has 3 nitrogen and oxygen atoms in total. The number of ether oxygens (including phenoxy) is 1. The molecule has 4 heteroatoms. The smallest absolute Gasteiger partial charge is 0.338 e. The van der Waals surface area contributed by atoms with Crippen LogP contribution in [0.1, 0.15) is 23.2 Å². The Hall–Kier alpha value is -0.870. The second-order valence-corrected chi connectivity index (χ2v) is 4.78. The van der Waals surface area contributed by atoms with Gasteiger partial charge in [0.05, 0.1) is 5.56 Å². The lowest BCUT2D eigenvalue weighted by molar-refractivity contribution is 0.0229. The highest BCUT2D eigenvalue weighted by Gasteiger charge is 2.18. The van der Waals surface area contributed by atoms with Crippen LogP contribution < -0.4 is 5.32 Å². The summed E-state index contributed by atoms with van der Waals surface area (Å²) < 4.78 is 6.33. The van der Waals surface area contributed by atoms with Crippen LogP contribution >= 0.6 is 15.9 Å². The second kappa shape index (κ2) is 5.46. The van der Waals surface area contributed by atoms with Crippen molar-refractivity contribution >= 4 is 21.9 Å². The molecule has 0 aromatic heterocycles. The van der Waals surface area contributed by atoms with Gasteiger partial charge < -0.3 is 10.1 Å². The molecule has 0 radical (unpaired) electrons.